The first-order valence-electron chi connectivity index (χ1n) is 5.80. The van der Waals surface area contributed by atoms with Crippen LogP contribution in [0.3, 0.4) is 0 Å². The molecule has 0 spiro atoms. The van der Waals surface area contributed by atoms with Gasteiger partial charge in [0.15, 0.2) is 0 Å². The van der Waals surface area contributed by atoms with Crippen molar-refractivity contribution < 1.29 is 8.78 Å². The van der Waals surface area contributed by atoms with E-state index in [-0.39, 0.29) is 5.69 Å². The third-order valence-electron chi connectivity index (χ3n) is 2.85. The van der Waals surface area contributed by atoms with E-state index in [2.05, 4.69) is 26.3 Å². The molecule has 1 N–H and O–H groups in total. The molecule has 3 nitrogen and oxygen atoms in total. The number of hydrogen-bond acceptors (Lipinski definition) is 2. The largest absolute Gasteiger partial charge is 0.316 e. The van der Waals surface area contributed by atoms with Gasteiger partial charge in [-0.15, -0.1) is 0 Å². The van der Waals surface area contributed by atoms with E-state index in [4.69, 9.17) is 0 Å². The lowest BCUT2D eigenvalue weighted by molar-refractivity contribution is 0.141. The van der Waals surface area contributed by atoms with Crippen molar-refractivity contribution in [3.05, 3.63) is 45.7 Å². The highest BCUT2D eigenvalue weighted by Crippen LogP contribution is 2.28. The average Bonchev–Trinajstić information content (AvgIpc) is 2.73. The Morgan fingerprint density at radius 2 is 2.16 bits per heavy atom. The minimum atomic E-state index is -2.56. The molecule has 0 aliphatic heterocycles. The maximum absolute atomic E-state index is 13.2. The standard InChI is InChI=1S/C13H14BrF2N3/c1-8-5-10(14)3-4-11(8)19-12(13(15)16)9(6-17-2)7-18-19/h3-5,7,13,17H,6H2,1-2H3. The van der Waals surface area contributed by atoms with Crippen molar-refractivity contribution in [1.29, 1.82) is 0 Å². The molecule has 0 bridgehead atoms. The lowest BCUT2D eigenvalue weighted by Gasteiger charge is -2.11. The number of nitrogens with zero attached hydrogens (tertiary/aromatic N) is 2. The zero-order chi connectivity index (χ0) is 14.0. The fraction of sp³-hybridized carbons (Fsp3) is 0.308. The third kappa shape index (κ3) is 2.84. The molecule has 2 aromatic rings. The minimum Gasteiger partial charge on any atom is -0.316 e. The van der Waals surface area contributed by atoms with Crippen LogP contribution in [0, 0.1) is 6.92 Å². The summed E-state index contributed by atoms with van der Waals surface area (Å²) in [7, 11) is 1.72. The Morgan fingerprint density at radius 3 is 2.74 bits per heavy atom. The summed E-state index contributed by atoms with van der Waals surface area (Å²) >= 11 is 3.36. The molecular formula is C13H14BrF2N3. The van der Waals surface area contributed by atoms with Crippen LogP contribution in [0.2, 0.25) is 0 Å². The highest BCUT2D eigenvalue weighted by Gasteiger charge is 2.21. The molecule has 0 saturated heterocycles. The van der Waals surface area contributed by atoms with Crippen molar-refractivity contribution in [2.75, 3.05) is 7.05 Å². The highest BCUT2D eigenvalue weighted by molar-refractivity contribution is 9.10. The van der Waals surface area contributed by atoms with Crippen LogP contribution < -0.4 is 5.32 Å². The fourth-order valence-electron chi connectivity index (χ4n) is 2.00. The average molecular weight is 330 g/mol. The second kappa shape index (κ2) is 5.79. The SMILES string of the molecule is CNCc1cnn(-c2ccc(Br)cc2C)c1C(F)F. The van der Waals surface area contributed by atoms with E-state index in [9.17, 15) is 8.78 Å². The van der Waals surface area contributed by atoms with E-state index in [1.54, 1.807) is 13.1 Å². The van der Waals surface area contributed by atoms with Crippen LogP contribution >= 0.6 is 15.9 Å². The first-order valence-corrected chi connectivity index (χ1v) is 6.60. The monoisotopic (exact) mass is 329 g/mol. The Balaban J connectivity index is 2.55. The van der Waals surface area contributed by atoms with Crippen LogP contribution in [0.5, 0.6) is 0 Å². The zero-order valence-corrected chi connectivity index (χ0v) is 12.2. The molecule has 0 amide bonds. The predicted molar refractivity (Wildman–Crippen MR) is 73.7 cm³/mol. The first-order chi connectivity index (χ1) is 9.04. The predicted octanol–water partition coefficient (Wildman–Crippen LogP) is 3.60. The third-order valence-corrected chi connectivity index (χ3v) is 3.34. The van der Waals surface area contributed by atoms with Crippen molar-refractivity contribution in [3.8, 4) is 5.69 Å². The molecule has 2 rings (SSSR count). The van der Waals surface area contributed by atoms with Crippen LogP contribution in [0.4, 0.5) is 8.78 Å². The summed E-state index contributed by atoms with van der Waals surface area (Å²) in [5.74, 6) is 0. The van der Waals surface area contributed by atoms with Gasteiger partial charge in [-0.05, 0) is 37.7 Å². The van der Waals surface area contributed by atoms with E-state index >= 15 is 0 Å². The van der Waals surface area contributed by atoms with Gasteiger partial charge in [-0.25, -0.2) is 13.5 Å². The Morgan fingerprint density at radius 1 is 1.42 bits per heavy atom. The number of halogens is 3. The molecule has 0 unspecified atom stereocenters. The minimum absolute atomic E-state index is 0.0558. The quantitative estimate of drug-likeness (QED) is 0.928. The molecule has 102 valence electrons. The van der Waals surface area contributed by atoms with Crippen LogP contribution in [0.15, 0.2) is 28.9 Å². The molecule has 1 aromatic carbocycles. The highest BCUT2D eigenvalue weighted by atomic mass is 79.9. The molecule has 0 fully saturated rings. The Kier molecular flexibility index (Phi) is 4.31. The van der Waals surface area contributed by atoms with Gasteiger partial charge in [0.1, 0.15) is 5.69 Å². The Hall–Kier alpha value is -1.27. The molecular weight excluding hydrogens is 316 g/mol. The van der Waals surface area contributed by atoms with Crippen molar-refractivity contribution in [1.82, 2.24) is 15.1 Å². The van der Waals surface area contributed by atoms with Crippen molar-refractivity contribution >= 4 is 15.9 Å². The number of alkyl halides is 2. The van der Waals surface area contributed by atoms with Gasteiger partial charge in [0.25, 0.3) is 6.43 Å². The molecule has 1 heterocycles. The molecule has 19 heavy (non-hydrogen) atoms. The van der Waals surface area contributed by atoms with Crippen LogP contribution in [0.1, 0.15) is 23.2 Å². The van der Waals surface area contributed by atoms with E-state index < -0.39 is 6.43 Å². The van der Waals surface area contributed by atoms with Gasteiger partial charge in [0, 0.05) is 16.6 Å². The number of rotatable bonds is 4. The van der Waals surface area contributed by atoms with Crippen molar-refractivity contribution in [3.63, 3.8) is 0 Å². The maximum atomic E-state index is 13.2. The van der Waals surface area contributed by atoms with Crippen LogP contribution in [-0.2, 0) is 6.54 Å². The molecule has 0 aliphatic carbocycles. The number of aryl methyl sites for hydroxylation is 1. The summed E-state index contributed by atoms with van der Waals surface area (Å²) in [6.45, 7) is 2.24. The molecule has 1 aromatic heterocycles. The second-order valence-electron chi connectivity index (χ2n) is 4.23. The van der Waals surface area contributed by atoms with Gasteiger partial charge in [-0.1, -0.05) is 15.9 Å². The first kappa shape index (κ1) is 14.1. The number of hydrogen-bond donors (Lipinski definition) is 1. The number of aromatic nitrogens is 2. The van der Waals surface area contributed by atoms with Crippen molar-refractivity contribution in [2.24, 2.45) is 0 Å². The lowest BCUT2D eigenvalue weighted by Crippen LogP contribution is -2.10. The van der Waals surface area contributed by atoms with E-state index in [0.717, 1.165) is 10.0 Å². The zero-order valence-electron chi connectivity index (χ0n) is 10.6. The molecule has 6 heteroatoms. The van der Waals surface area contributed by atoms with Gasteiger partial charge in [0.05, 0.1) is 11.9 Å². The second-order valence-corrected chi connectivity index (χ2v) is 5.14. The van der Waals surface area contributed by atoms with E-state index in [1.807, 2.05) is 19.1 Å². The normalized spacial score (nSPS) is 11.3. The molecule has 0 atom stereocenters. The van der Waals surface area contributed by atoms with Crippen LogP contribution in [0.25, 0.3) is 5.69 Å². The van der Waals surface area contributed by atoms with Crippen molar-refractivity contribution in [2.45, 2.75) is 19.9 Å². The van der Waals surface area contributed by atoms with E-state index in [1.165, 1.54) is 10.9 Å². The van der Waals surface area contributed by atoms with Gasteiger partial charge in [-0.3, -0.25) is 0 Å². The van der Waals surface area contributed by atoms with E-state index in [0.29, 0.717) is 17.8 Å². The summed E-state index contributed by atoms with van der Waals surface area (Å²) in [5, 5.41) is 6.97. The summed E-state index contributed by atoms with van der Waals surface area (Å²) in [4.78, 5) is 0. The molecule has 0 aliphatic rings. The summed E-state index contributed by atoms with van der Waals surface area (Å²) in [6, 6.07) is 5.47. The maximum Gasteiger partial charge on any atom is 0.280 e. The Bertz CT molecular complexity index is 581. The van der Waals surface area contributed by atoms with Gasteiger partial charge in [0.2, 0.25) is 0 Å². The topological polar surface area (TPSA) is 29.9 Å². The Labute approximate surface area is 118 Å². The number of nitrogens with one attached hydrogen (secondary N) is 1. The van der Waals surface area contributed by atoms with Crippen LogP contribution in [-0.4, -0.2) is 16.8 Å². The fourth-order valence-corrected chi connectivity index (χ4v) is 2.48. The summed E-state index contributed by atoms with van der Waals surface area (Å²) in [6.07, 6.45) is -1.08. The smallest absolute Gasteiger partial charge is 0.280 e. The molecule has 0 radical (unpaired) electrons. The van der Waals surface area contributed by atoms with Gasteiger partial charge < -0.3 is 5.32 Å². The van der Waals surface area contributed by atoms with Gasteiger partial charge >= 0.3 is 0 Å². The summed E-state index contributed by atoms with van der Waals surface area (Å²) in [5.41, 5.74) is 2.01. The van der Waals surface area contributed by atoms with Gasteiger partial charge in [-0.2, -0.15) is 5.10 Å². The lowest BCUT2D eigenvalue weighted by atomic mass is 10.2. The number of benzene rings is 1. The molecule has 0 saturated carbocycles. The summed E-state index contributed by atoms with van der Waals surface area (Å²) < 4.78 is 28.7.